The molecule has 1 aromatic heterocycles. The zero-order valence-electron chi connectivity index (χ0n) is 13.8. The van der Waals surface area contributed by atoms with Crippen molar-refractivity contribution < 1.29 is 17.9 Å². The van der Waals surface area contributed by atoms with Crippen molar-refractivity contribution in [2.45, 2.75) is 32.5 Å². The van der Waals surface area contributed by atoms with E-state index in [1.165, 1.54) is 12.1 Å². The van der Waals surface area contributed by atoms with Gasteiger partial charge in [0.1, 0.15) is 12.4 Å². The average Bonchev–Trinajstić information content (AvgIpc) is 2.52. The van der Waals surface area contributed by atoms with Crippen molar-refractivity contribution in [2.75, 3.05) is 19.0 Å². The number of nitrogens with one attached hydrogen (secondary N) is 1. The monoisotopic (exact) mass is 339 g/mol. The zero-order valence-corrected chi connectivity index (χ0v) is 13.8. The van der Waals surface area contributed by atoms with E-state index in [4.69, 9.17) is 4.74 Å². The van der Waals surface area contributed by atoms with Gasteiger partial charge >= 0.3 is 6.18 Å². The van der Waals surface area contributed by atoms with Crippen LogP contribution in [-0.4, -0.2) is 23.6 Å². The van der Waals surface area contributed by atoms with Crippen molar-refractivity contribution in [3.63, 3.8) is 0 Å². The van der Waals surface area contributed by atoms with Gasteiger partial charge in [0.25, 0.3) is 0 Å². The minimum atomic E-state index is -4.31. The maximum atomic E-state index is 12.6. The number of aryl methyl sites for hydroxylation is 1. The lowest BCUT2D eigenvalue weighted by Gasteiger charge is -2.15. The smallest absolute Gasteiger partial charge is 0.377 e. The molecule has 0 aliphatic heterocycles. The summed E-state index contributed by atoms with van der Waals surface area (Å²) in [5.41, 5.74) is 1.02. The molecule has 1 unspecified atom stereocenters. The Morgan fingerprint density at radius 2 is 1.83 bits per heavy atom. The molecule has 130 valence electrons. The fourth-order valence-electron chi connectivity index (χ4n) is 2.29. The SMILES string of the molecule is COCc1nc(C)cc(NCC(C)c2ccc(C(F)(F)F)cc2)n1. The van der Waals surface area contributed by atoms with Gasteiger partial charge in [0.2, 0.25) is 0 Å². The Balaban J connectivity index is 2.01. The standard InChI is InChI=1S/C17H20F3N3O/c1-11(13-4-6-14(7-5-13)17(18,19)20)9-21-15-8-12(2)22-16(23-15)10-24-3/h4-8,11H,9-10H2,1-3H3,(H,21,22,23). The first-order chi connectivity index (χ1) is 11.3. The van der Waals surface area contributed by atoms with Crippen LogP contribution in [0.2, 0.25) is 0 Å². The summed E-state index contributed by atoms with van der Waals surface area (Å²) in [5.74, 6) is 1.30. The van der Waals surface area contributed by atoms with Crippen LogP contribution in [0.3, 0.4) is 0 Å². The van der Waals surface area contributed by atoms with E-state index in [0.717, 1.165) is 23.4 Å². The Bertz CT molecular complexity index is 672. The van der Waals surface area contributed by atoms with Crippen LogP contribution in [0.1, 0.15) is 35.5 Å². The van der Waals surface area contributed by atoms with Gasteiger partial charge in [-0.25, -0.2) is 9.97 Å². The van der Waals surface area contributed by atoms with Crippen molar-refractivity contribution in [1.29, 1.82) is 0 Å². The Labute approximate surface area is 139 Å². The van der Waals surface area contributed by atoms with E-state index in [9.17, 15) is 13.2 Å². The molecular weight excluding hydrogens is 319 g/mol. The van der Waals surface area contributed by atoms with Crippen molar-refractivity contribution in [3.8, 4) is 0 Å². The van der Waals surface area contributed by atoms with E-state index in [0.29, 0.717) is 24.8 Å². The van der Waals surface area contributed by atoms with Gasteiger partial charge in [-0.1, -0.05) is 19.1 Å². The lowest BCUT2D eigenvalue weighted by Crippen LogP contribution is -2.13. The number of methoxy groups -OCH3 is 1. The third-order valence-electron chi connectivity index (χ3n) is 3.57. The number of hydrogen-bond donors (Lipinski definition) is 1. The molecule has 2 aromatic rings. The van der Waals surface area contributed by atoms with Gasteiger partial charge in [-0.2, -0.15) is 13.2 Å². The third kappa shape index (κ3) is 4.92. The first kappa shape index (κ1) is 18.2. The summed E-state index contributed by atoms with van der Waals surface area (Å²) >= 11 is 0. The predicted molar refractivity (Wildman–Crippen MR) is 85.8 cm³/mol. The van der Waals surface area contributed by atoms with Crippen LogP contribution in [0, 0.1) is 6.92 Å². The Morgan fingerprint density at radius 3 is 2.42 bits per heavy atom. The summed E-state index contributed by atoms with van der Waals surface area (Å²) < 4.78 is 42.8. The molecule has 1 atom stereocenters. The highest BCUT2D eigenvalue weighted by atomic mass is 19.4. The topological polar surface area (TPSA) is 47.0 Å². The number of rotatable bonds is 6. The molecule has 0 fully saturated rings. The number of aromatic nitrogens is 2. The molecule has 0 amide bonds. The van der Waals surface area contributed by atoms with Crippen molar-refractivity contribution in [3.05, 3.63) is 53.0 Å². The molecule has 0 spiro atoms. The van der Waals surface area contributed by atoms with Gasteiger partial charge in [-0.15, -0.1) is 0 Å². The molecule has 0 aliphatic rings. The normalized spacial score (nSPS) is 12.9. The molecule has 4 nitrogen and oxygen atoms in total. The van der Waals surface area contributed by atoms with E-state index >= 15 is 0 Å². The van der Waals surface area contributed by atoms with E-state index in [1.807, 2.05) is 19.9 Å². The van der Waals surface area contributed by atoms with Gasteiger partial charge in [0.15, 0.2) is 5.82 Å². The van der Waals surface area contributed by atoms with E-state index < -0.39 is 11.7 Å². The van der Waals surface area contributed by atoms with Crippen LogP contribution in [0.25, 0.3) is 0 Å². The predicted octanol–water partition coefficient (Wildman–Crippen LogP) is 4.17. The number of anilines is 1. The number of hydrogen-bond acceptors (Lipinski definition) is 4. The molecule has 0 aliphatic carbocycles. The summed E-state index contributed by atoms with van der Waals surface area (Å²) in [6, 6.07) is 7.06. The molecule has 1 aromatic carbocycles. The Morgan fingerprint density at radius 1 is 1.17 bits per heavy atom. The fraction of sp³-hybridized carbons (Fsp3) is 0.412. The summed E-state index contributed by atoms with van der Waals surface area (Å²) in [6.07, 6.45) is -4.31. The third-order valence-corrected chi connectivity index (χ3v) is 3.57. The van der Waals surface area contributed by atoms with Crippen LogP contribution < -0.4 is 5.32 Å². The van der Waals surface area contributed by atoms with Gasteiger partial charge in [-0.05, 0) is 30.5 Å². The largest absolute Gasteiger partial charge is 0.416 e. The lowest BCUT2D eigenvalue weighted by atomic mass is 9.99. The summed E-state index contributed by atoms with van der Waals surface area (Å²) in [5, 5.41) is 3.20. The van der Waals surface area contributed by atoms with E-state index in [-0.39, 0.29) is 5.92 Å². The summed E-state index contributed by atoms with van der Waals surface area (Å²) in [4.78, 5) is 8.60. The lowest BCUT2D eigenvalue weighted by molar-refractivity contribution is -0.137. The molecule has 1 N–H and O–H groups in total. The zero-order chi connectivity index (χ0) is 17.7. The van der Waals surface area contributed by atoms with Gasteiger partial charge < -0.3 is 10.1 Å². The number of nitrogens with zero attached hydrogens (tertiary/aromatic N) is 2. The molecule has 24 heavy (non-hydrogen) atoms. The molecule has 7 heteroatoms. The minimum absolute atomic E-state index is 0.0356. The minimum Gasteiger partial charge on any atom is -0.377 e. The fourth-order valence-corrected chi connectivity index (χ4v) is 2.29. The second kappa shape index (κ2) is 7.61. The number of benzene rings is 1. The van der Waals surface area contributed by atoms with Gasteiger partial charge in [-0.3, -0.25) is 0 Å². The molecular formula is C17H20F3N3O. The molecule has 0 radical (unpaired) electrons. The second-order valence-corrected chi connectivity index (χ2v) is 5.65. The summed E-state index contributed by atoms with van der Waals surface area (Å²) in [6.45, 7) is 4.68. The highest BCUT2D eigenvalue weighted by Crippen LogP contribution is 2.30. The second-order valence-electron chi connectivity index (χ2n) is 5.65. The van der Waals surface area contributed by atoms with Crippen molar-refractivity contribution in [1.82, 2.24) is 9.97 Å². The first-order valence-corrected chi connectivity index (χ1v) is 7.54. The maximum Gasteiger partial charge on any atom is 0.416 e. The highest BCUT2D eigenvalue weighted by Gasteiger charge is 2.30. The quantitative estimate of drug-likeness (QED) is 0.858. The van der Waals surface area contributed by atoms with Crippen molar-refractivity contribution in [2.24, 2.45) is 0 Å². The Hall–Kier alpha value is -2.15. The van der Waals surface area contributed by atoms with Gasteiger partial charge in [0, 0.05) is 25.4 Å². The van der Waals surface area contributed by atoms with Gasteiger partial charge in [0.05, 0.1) is 5.56 Å². The molecule has 0 saturated carbocycles. The molecule has 0 saturated heterocycles. The van der Waals surface area contributed by atoms with Crippen LogP contribution in [0.5, 0.6) is 0 Å². The van der Waals surface area contributed by atoms with E-state index in [1.54, 1.807) is 7.11 Å². The van der Waals surface area contributed by atoms with E-state index in [2.05, 4.69) is 15.3 Å². The maximum absolute atomic E-state index is 12.6. The number of halogens is 3. The average molecular weight is 339 g/mol. The Kier molecular flexibility index (Phi) is 5.77. The van der Waals surface area contributed by atoms with Crippen LogP contribution >= 0.6 is 0 Å². The summed E-state index contributed by atoms with van der Waals surface area (Å²) in [7, 11) is 1.57. The first-order valence-electron chi connectivity index (χ1n) is 7.54. The molecule has 2 rings (SSSR count). The molecule has 1 heterocycles. The molecule has 0 bridgehead atoms. The van der Waals surface area contributed by atoms with Crippen LogP contribution in [0.4, 0.5) is 19.0 Å². The number of alkyl halides is 3. The highest BCUT2D eigenvalue weighted by molar-refractivity contribution is 5.37. The van der Waals surface area contributed by atoms with Crippen LogP contribution in [-0.2, 0) is 17.5 Å². The number of ether oxygens (including phenoxy) is 1. The van der Waals surface area contributed by atoms with Crippen molar-refractivity contribution >= 4 is 5.82 Å². The van der Waals surface area contributed by atoms with Crippen LogP contribution in [0.15, 0.2) is 30.3 Å².